The first kappa shape index (κ1) is 14.9. The number of carbonyl (C=O) groups is 1. The molecule has 2 rings (SSSR count). The van der Waals surface area contributed by atoms with Gasteiger partial charge in [0.2, 0.25) is 5.91 Å². The molecule has 0 spiro atoms. The van der Waals surface area contributed by atoms with E-state index in [0.717, 1.165) is 30.9 Å². The van der Waals surface area contributed by atoms with Gasteiger partial charge in [0.25, 0.3) is 0 Å². The van der Waals surface area contributed by atoms with E-state index in [1.54, 1.807) is 0 Å². The van der Waals surface area contributed by atoms with E-state index in [0.29, 0.717) is 12.3 Å². The van der Waals surface area contributed by atoms with Crippen LogP contribution in [0.1, 0.15) is 46.1 Å². The molecule has 0 radical (unpaired) electrons. The number of ether oxygens (including phenoxy) is 1. The minimum atomic E-state index is 0.203. The van der Waals surface area contributed by atoms with Crippen LogP contribution in [0.4, 0.5) is 5.69 Å². The van der Waals surface area contributed by atoms with E-state index in [2.05, 4.69) is 33.8 Å². The molecule has 20 heavy (non-hydrogen) atoms. The summed E-state index contributed by atoms with van der Waals surface area (Å²) in [6, 6.07) is 6.30. The highest BCUT2D eigenvalue weighted by Gasteiger charge is 2.26. The molecule has 0 atom stereocenters. The van der Waals surface area contributed by atoms with Crippen molar-refractivity contribution >= 4 is 11.6 Å². The summed E-state index contributed by atoms with van der Waals surface area (Å²) in [6.45, 7) is 9.26. The first-order valence-corrected chi connectivity index (χ1v) is 7.57. The predicted octanol–water partition coefficient (Wildman–Crippen LogP) is 3.80. The molecule has 0 aromatic heterocycles. The largest absolute Gasteiger partial charge is 0.494 e. The Morgan fingerprint density at radius 3 is 2.60 bits per heavy atom. The zero-order valence-electron chi connectivity index (χ0n) is 13.0. The van der Waals surface area contributed by atoms with Crippen molar-refractivity contribution in [3.8, 4) is 5.75 Å². The van der Waals surface area contributed by atoms with Crippen LogP contribution in [0, 0.1) is 5.92 Å². The number of nitrogens with zero attached hydrogens (tertiary/aromatic N) is 1. The van der Waals surface area contributed by atoms with Gasteiger partial charge in [0.1, 0.15) is 5.75 Å². The van der Waals surface area contributed by atoms with Gasteiger partial charge >= 0.3 is 0 Å². The van der Waals surface area contributed by atoms with E-state index in [1.165, 1.54) is 5.56 Å². The molecule has 0 aliphatic carbocycles. The summed E-state index contributed by atoms with van der Waals surface area (Å²) < 4.78 is 5.80. The highest BCUT2D eigenvalue weighted by molar-refractivity contribution is 5.97. The normalized spacial score (nSPS) is 14.9. The average Bonchev–Trinajstić information content (AvgIpc) is 2.37. The van der Waals surface area contributed by atoms with Gasteiger partial charge in [-0.25, -0.2) is 0 Å². The average molecular weight is 275 g/mol. The lowest BCUT2D eigenvalue weighted by Crippen LogP contribution is -2.40. The van der Waals surface area contributed by atoms with Crippen molar-refractivity contribution in [2.45, 2.75) is 53.0 Å². The van der Waals surface area contributed by atoms with Crippen LogP contribution in [0.25, 0.3) is 0 Å². The maximum atomic E-state index is 12.0. The lowest BCUT2D eigenvalue weighted by atomic mass is 9.99. The second-order valence-electron chi connectivity index (χ2n) is 6.18. The summed E-state index contributed by atoms with van der Waals surface area (Å²) in [4.78, 5) is 13.9. The van der Waals surface area contributed by atoms with Crippen LogP contribution in [0.5, 0.6) is 5.75 Å². The van der Waals surface area contributed by atoms with Gasteiger partial charge in [0, 0.05) is 18.2 Å². The third-order valence-electron chi connectivity index (χ3n) is 3.67. The lowest BCUT2D eigenvalue weighted by molar-refractivity contribution is -0.119. The standard InChI is InChI=1S/C17H25NO2/c1-12(2)9-10-20-15-6-7-16-14(11-15)5-8-17(19)18(16)13(3)4/h6-7,11-13H,5,8-10H2,1-4H3. The first-order valence-electron chi connectivity index (χ1n) is 7.57. The second-order valence-corrected chi connectivity index (χ2v) is 6.18. The van der Waals surface area contributed by atoms with Crippen LogP contribution in [-0.4, -0.2) is 18.6 Å². The molecular formula is C17H25NO2. The number of carbonyl (C=O) groups excluding carboxylic acids is 1. The van der Waals surface area contributed by atoms with E-state index in [9.17, 15) is 4.79 Å². The number of anilines is 1. The summed E-state index contributed by atoms with van der Waals surface area (Å²) in [5.74, 6) is 1.80. The Morgan fingerprint density at radius 2 is 1.95 bits per heavy atom. The molecule has 1 aromatic carbocycles. The minimum absolute atomic E-state index is 0.203. The smallest absolute Gasteiger partial charge is 0.227 e. The molecule has 0 saturated carbocycles. The molecule has 1 aliphatic heterocycles. The van der Waals surface area contributed by atoms with Gasteiger partial charge in [-0.05, 0) is 56.4 Å². The molecule has 110 valence electrons. The van der Waals surface area contributed by atoms with E-state index >= 15 is 0 Å². The quantitative estimate of drug-likeness (QED) is 0.818. The van der Waals surface area contributed by atoms with Crippen LogP contribution >= 0.6 is 0 Å². The van der Waals surface area contributed by atoms with Gasteiger partial charge in [0.15, 0.2) is 0 Å². The van der Waals surface area contributed by atoms with E-state index in [4.69, 9.17) is 4.74 Å². The topological polar surface area (TPSA) is 29.5 Å². The maximum Gasteiger partial charge on any atom is 0.227 e. The Kier molecular flexibility index (Phi) is 4.69. The van der Waals surface area contributed by atoms with Gasteiger partial charge in [0.05, 0.1) is 6.61 Å². The fourth-order valence-electron chi connectivity index (χ4n) is 2.56. The Balaban J connectivity index is 2.13. The van der Waals surface area contributed by atoms with E-state index in [-0.39, 0.29) is 11.9 Å². The van der Waals surface area contributed by atoms with E-state index in [1.807, 2.05) is 17.0 Å². The lowest BCUT2D eigenvalue weighted by Gasteiger charge is -2.32. The maximum absolute atomic E-state index is 12.0. The fourth-order valence-corrected chi connectivity index (χ4v) is 2.56. The summed E-state index contributed by atoms with van der Waals surface area (Å²) in [6.07, 6.45) is 2.48. The number of hydrogen-bond donors (Lipinski definition) is 0. The van der Waals surface area contributed by atoms with Crippen LogP contribution < -0.4 is 9.64 Å². The molecule has 0 unspecified atom stereocenters. The highest BCUT2D eigenvalue weighted by Crippen LogP contribution is 2.32. The Morgan fingerprint density at radius 1 is 1.20 bits per heavy atom. The van der Waals surface area contributed by atoms with Crippen LogP contribution in [-0.2, 0) is 11.2 Å². The Labute approximate surface area is 121 Å². The zero-order valence-corrected chi connectivity index (χ0v) is 13.0. The van der Waals surface area contributed by atoms with E-state index < -0.39 is 0 Å². The molecule has 0 bridgehead atoms. The predicted molar refractivity (Wildman–Crippen MR) is 82.3 cm³/mol. The number of benzene rings is 1. The SMILES string of the molecule is CC(C)CCOc1ccc2c(c1)CCC(=O)N2C(C)C. The minimum Gasteiger partial charge on any atom is -0.494 e. The second kappa shape index (κ2) is 6.29. The molecule has 1 aromatic rings. The van der Waals surface area contributed by atoms with Crippen LogP contribution in [0.2, 0.25) is 0 Å². The molecule has 3 nitrogen and oxygen atoms in total. The summed E-state index contributed by atoms with van der Waals surface area (Å²) >= 11 is 0. The Hall–Kier alpha value is -1.51. The van der Waals surface area contributed by atoms with Gasteiger partial charge in [-0.3, -0.25) is 4.79 Å². The van der Waals surface area contributed by atoms with Crippen molar-refractivity contribution in [3.63, 3.8) is 0 Å². The number of aryl methyl sites for hydroxylation is 1. The molecule has 1 heterocycles. The number of hydrogen-bond acceptors (Lipinski definition) is 2. The van der Waals surface area contributed by atoms with Crippen molar-refractivity contribution in [1.29, 1.82) is 0 Å². The van der Waals surface area contributed by atoms with Crippen molar-refractivity contribution in [3.05, 3.63) is 23.8 Å². The Bertz CT molecular complexity index is 480. The van der Waals surface area contributed by atoms with Crippen molar-refractivity contribution < 1.29 is 9.53 Å². The molecule has 0 saturated heterocycles. The number of fused-ring (bicyclic) bond motifs is 1. The number of amides is 1. The summed E-state index contributed by atoms with van der Waals surface area (Å²) in [5, 5.41) is 0. The number of rotatable bonds is 5. The molecule has 1 aliphatic rings. The third kappa shape index (κ3) is 3.33. The summed E-state index contributed by atoms with van der Waals surface area (Å²) in [7, 11) is 0. The van der Waals surface area contributed by atoms with Crippen molar-refractivity contribution in [2.75, 3.05) is 11.5 Å². The van der Waals surface area contributed by atoms with Gasteiger partial charge < -0.3 is 9.64 Å². The zero-order chi connectivity index (χ0) is 14.7. The molecule has 0 fully saturated rings. The highest BCUT2D eigenvalue weighted by atomic mass is 16.5. The first-order chi connectivity index (χ1) is 9.49. The molecule has 0 N–H and O–H groups in total. The molecular weight excluding hydrogens is 250 g/mol. The van der Waals surface area contributed by atoms with Gasteiger partial charge in [-0.1, -0.05) is 13.8 Å². The van der Waals surface area contributed by atoms with Crippen molar-refractivity contribution in [1.82, 2.24) is 0 Å². The summed E-state index contributed by atoms with van der Waals surface area (Å²) in [5.41, 5.74) is 2.27. The monoisotopic (exact) mass is 275 g/mol. The van der Waals surface area contributed by atoms with Crippen molar-refractivity contribution in [2.24, 2.45) is 5.92 Å². The molecule has 1 amide bonds. The van der Waals surface area contributed by atoms with Crippen LogP contribution in [0.3, 0.4) is 0 Å². The van der Waals surface area contributed by atoms with Gasteiger partial charge in [-0.15, -0.1) is 0 Å². The van der Waals surface area contributed by atoms with Crippen LogP contribution in [0.15, 0.2) is 18.2 Å². The third-order valence-corrected chi connectivity index (χ3v) is 3.67. The fraction of sp³-hybridized carbons (Fsp3) is 0.588. The van der Waals surface area contributed by atoms with Gasteiger partial charge in [-0.2, -0.15) is 0 Å². The molecule has 3 heteroatoms.